The molecule has 0 radical (unpaired) electrons. The molecule has 0 amide bonds. The van der Waals surface area contributed by atoms with Crippen molar-refractivity contribution in [3.63, 3.8) is 0 Å². The lowest BCUT2D eigenvalue weighted by atomic mass is 10.0. The van der Waals surface area contributed by atoms with Gasteiger partial charge in [-0.15, -0.1) is 0 Å². The summed E-state index contributed by atoms with van der Waals surface area (Å²) < 4.78 is 15.6. The summed E-state index contributed by atoms with van der Waals surface area (Å²) >= 11 is 0. The smallest absolute Gasteiger partial charge is 0.308 e. The Morgan fingerprint density at radius 2 is 1.71 bits per heavy atom. The van der Waals surface area contributed by atoms with E-state index < -0.39 is 0 Å². The number of hydrogen-bond donors (Lipinski definition) is 0. The van der Waals surface area contributed by atoms with E-state index in [9.17, 15) is 9.59 Å². The fourth-order valence-electron chi connectivity index (χ4n) is 2.97. The van der Waals surface area contributed by atoms with Crippen LogP contribution in [0.1, 0.15) is 45.4 Å². The first-order valence-electron chi connectivity index (χ1n) is 7.92. The Morgan fingerprint density at radius 3 is 2.24 bits per heavy atom. The van der Waals surface area contributed by atoms with Crippen LogP contribution in [0.5, 0.6) is 0 Å². The van der Waals surface area contributed by atoms with Crippen LogP contribution in [0.25, 0.3) is 0 Å². The highest BCUT2D eigenvalue weighted by atomic mass is 16.5. The van der Waals surface area contributed by atoms with E-state index in [1.54, 1.807) is 14.0 Å². The molecule has 21 heavy (non-hydrogen) atoms. The maximum Gasteiger partial charge on any atom is 0.308 e. The third-order valence-corrected chi connectivity index (χ3v) is 4.70. The summed E-state index contributed by atoms with van der Waals surface area (Å²) in [6, 6.07) is 0. The number of rotatable bonds is 8. The number of carbonyl (C=O) groups excluding carboxylic acids is 2. The minimum Gasteiger partial charge on any atom is -0.466 e. The highest BCUT2D eigenvalue weighted by molar-refractivity contribution is 5.77. The molecule has 0 unspecified atom stereocenters. The molecule has 0 aromatic heterocycles. The minimum absolute atomic E-state index is 0.133. The molecule has 0 bridgehead atoms. The second-order valence-corrected chi connectivity index (χ2v) is 6.31. The number of esters is 2. The van der Waals surface area contributed by atoms with Gasteiger partial charge in [0.1, 0.15) is 0 Å². The van der Waals surface area contributed by atoms with E-state index in [-0.39, 0.29) is 29.2 Å². The van der Waals surface area contributed by atoms with Gasteiger partial charge in [0.25, 0.3) is 0 Å². The average molecular weight is 298 g/mol. The number of ether oxygens (including phenoxy) is 3. The summed E-state index contributed by atoms with van der Waals surface area (Å²) in [5.41, 5.74) is 0.158. The first-order chi connectivity index (χ1) is 10.1. The van der Waals surface area contributed by atoms with Gasteiger partial charge in [-0.25, -0.2) is 0 Å². The van der Waals surface area contributed by atoms with Crippen molar-refractivity contribution in [1.82, 2.24) is 0 Å². The lowest BCUT2D eigenvalue weighted by Crippen LogP contribution is -2.22. The van der Waals surface area contributed by atoms with Crippen molar-refractivity contribution < 1.29 is 23.8 Å². The predicted molar refractivity (Wildman–Crippen MR) is 76.6 cm³/mol. The Hall–Kier alpha value is -1.10. The average Bonchev–Trinajstić information content (AvgIpc) is 3.07. The third-order valence-electron chi connectivity index (χ3n) is 4.70. The molecule has 0 heterocycles. The maximum absolute atomic E-state index is 12.1. The van der Waals surface area contributed by atoms with Crippen LogP contribution in [0.15, 0.2) is 0 Å². The summed E-state index contributed by atoms with van der Waals surface area (Å²) in [4.78, 5) is 23.8. The topological polar surface area (TPSA) is 61.8 Å². The zero-order valence-electron chi connectivity index (χ0n) is 13.1. The highest BCUT2D eigenvalue weighted by Gasteiger charge is 2.44. The van der Waals surface area contributed by atoms with E-state index in [0.29, 0.717) is 26.2 Å². The molecule has 5 nitrogen and oxygen atoms in total. The Bertz CT molecular complexity index is 375. The lowest BCUT2D eigenvalue weighted by molar-refractivity contribution is -0.151. The molecule has 0 saturated heterocycles. The SMILES string of the molecule is CCOC(=O)[C@@H]1CC[C@H](C(=O)OCC2(CCOC)CC2)C1. The van der Waals surface area contributed by atoms with E-state index in [0.717, 1.165) is 32.1 Å². The van der Waals surface area contributed by atoms with Gasteiger partial charge >= 0.3 is 11.9 Å². The largest absolute Gasteiger partial charge is 0.466 e. The molecule has 0 N–H and O–H groups in total. The molecule has 2 atom stereocenters. The zero-order chi connectivity index (χ0) is 15.3. The molecular formula is C16H26O5. The molecule has 2 saturated carbocycles. The molecule has 0 aromatic carbocycles. The van der Waals surface area contributed by atoms with Crippen molar-refractivity contribution in [2.75, 3.05) is 26.9 Å². The van der Waals surface area contributed by atoms with Gasteiger partial charge in [-0.2, -0.15) is 0 Å². The summed E-state index contributed by atoms with van der Waals surface area (Å²) in [5, 5.41) is 0. The third kappa shape index (κ3) is 4.43. The molecule has 2 rings (SSSR count). The highest BCUT2D eigenvalue weighted by Crippen LogP contribution is 2.49. The van der Waals surface area contributed by atoms with Gasteiger partial charge in [-0.05, 0) is 45.4 Å². The molecule has 120 valence electrons. The second-order valence-electron chi connectivity index (χ2n) is 6.31. The van der Waals surface area contributed by atoms with Crippen LogP contribution in [0.3, 0.4) is 0 Å². The molecule has 2 aliphatic rings. The number of hydrogen-bond acceptors (Lipinski definition) is 5. The van der Waals surface area contributed by atoms with Crippen LogP contribution in [0, 0.1) is 17.3 Å². The second kappa shape index (κ2) is 7.25. The lowest BCUT2D eigenvalue weighted by Gasteiger charge is -2.17. The molecule has 2 aliphatic carbocycles. The summed E-state index contributed by atoms with van der Waals surface area (Å²) in [5.74, 6) is -0.597. The summed E-state index contributed by atoms with van der Waals surface area (Å²) in [7, 11) is 1.69. The van der Waals surface area contributed by atoms with Gasteiger partial charge in [0.15, 0.2) is 0 Å². The van der Waals surface area contributed by atoms with E-state index >= 15 is 0 Å². The van der Waals surface area contributed by atoms with Crippen LogP contribution >= 0.6 is 0 Å². The number of methoxy groups -OCH3 is 1. The molecule has 5 heteroatoms. The first-order valence-corrected chi connectivity index (χ1v) is 7.92. The molecule has 0 aromatic rings. The van der Waals surface area contributed by atoms with Crippen molar-refractivity contribution in [2.45, 2.75) is 45.4 Å². The molecule has 2 fully saturated rings. The molecule has 0 aliphatic heterocycles. The fraction of sp³-hybridized carbons (Fsp3) is 0.875. The van der Waals surface area contributed by atoms with E-state index in [4.69, 9.17) is 14.2 Å². The predicted octanol–water partition coefficient (Wildman–Crippen LogP) is 2.33. The van der Waals surface area contributed by atoms with Crippen LogP contribution in [-0.2, 0) is 23.8 Å². The Labute approximate surface area is 126 Å². The van der Waals surface area contributed by atoms with Gasteiger partial charge < -0.3 is 14.2 Å². The minimum atomic E-state index is -0.174. The van der Waals surface area contributed by atoms with Gasteiger partial charge in [-0.1, -0.05) is 0 Å². The fourth-order valence-corrected chi connectivity index (χ4v) is 2.97. The van der Waals surface area contributed by atoms with Gasteiger partial charge in [0.2, 0.25) is 0 Å². The van der Waals surface area contributed by atoms with Crippen molar-refractivity contribution in [1.29, 1.82) is 0 Å². The first kappa shape index (κ1) is 16.3. The van der Waals surface area contributed by atoms with Crippen molar-refractivity contribution >= 4 is 11.9 Å². The van der Waals surface area contributed by atoms with Crippen LogP contribution in [0.2, 0.25) is 0 Å². The van der Waals surface area contributed by atoms with Crippen LogP contribution in [-0.4, -0.2) is 38.9 Å². The standard InChI is InChI=1S/C16H26O5/c1-3-20-14(17)12-4-5-13(10-12)15(18)21-11-16(6-7-16)8-9-19-2/h12-13H,3-11H2,1-2H3/t12-,13+/m1/s1. The van der Waals surface area contributed by atoms with Crippen molar-refractivity contribution in [3.05, 3.63) is 0 Å². The van der Waals surface area contributed by atoms with Gasteiger partial charge in [0.05, 0.1) is 25.0 Å². The van der Waals surface area contributed by atoms with E-state index in [1.807, 2.05) is 0 Å². The van der Waals surface area contributed by atoms with Crippen molar-refractivity contribution in [3.8, 4) is 0 Å². The molecule has 0 spiro atoms. The van der Waals surface area contributed by atoms with Gasteiger partial charge in [-0.3, -0.25) is 9.59 Å². The summed E-state index contributed by atoms with van der Waals surface area (Å²) in [6.45, 7) is 3.40. The van der Waals surface area contributed by atoms with E-state index in [1.165, 1.54) is 0 Å². The molecular weight excluding hydrogens is 272 g/mol. The zero-order valence-corrected chi connectivity index (χ0v) is 13.1. The quantitative estimate of drug-likeness (QED) is 0.644. The van der Waals surface area contributed by atoms with Crippen LogP contribution in [0.4, 0.5) is 0 Å². The Morgan fingerprint density at radius 1 is 1.10 bits per heavy atom. The number of carbonyl (C=O) groups is 2. The van der Waals surface area contributed by atoms with Gasteiger partial charge in [0, 0.05) is 19.1 Å². The van der Waals surface area contributed by atoms with Crippen LogP contribution < -0.4 is 0 Å². The maximum atomic E-state index is 12.1. The summed E-state index contributed by atoms with van der Waals surface area (Å²) in [6.07, 6.45) is 5.20. The van der Waals surface area contributed by atoms with E-state index in [2.05, 4.69) is 0 Å². The van der Waals surface area contributed by atoms with Crippen molar-refractivity contribution in [2.24, 2.45) is 17.3 Å². The Balaban J connectivity index is 1.71. The monoisotopic (exact) mass is 298 g/mol. The Kier molecular flexibility index (Phi) is 5.62. The normalized spacial score (nSPS) is 26.4.